The number of nitrogens with zero attached hydrogens (tertiary/aromatic N) is 1. The molecule has 4 nitrogen and oxygen atoms in total. The van der Waals surface area contributed by atoms with Crippen LogP contribution in [0.3, 0.4) is 0 Å². The summed E-state index contributed by atoms with van der Waals surface area (Å²) in [5.74, 6) is 0.254. The maximum absolute atomic E-state index is 11.1. The third-order valence-electron chi connectivity index (χ3n) is 2.89. The van der Waals surface area contributed by atoms with E-state index in [0.29, 0.717) is 6.42 Å². The van der Waals surface area contributed by atoms with Crippen molar-refractivity contribution in [2.75, 3.05) is 30.8 Å². The van der Waals surface area contributed by atoms with Crippen LogP contribution in [0.15, 0.2) is 24.3 Å². The van der Waals surface area contributed by atoms with Crippen molar-refractivity contribution in [3.05, 3.63) is 29.8 Å². The summed E-state index contributed by atoms with van der Waals surface area (Å²) >= 11 is 0. The molecule has 0 atom stereocenters. The van der Waals surface area contributed by atoms with Crippen molar-refractivity contribution in [3.63, 3.8) is 0 Å². The molecule has 0 bridgehead atoms. The molecule has 0 saturated heterocycles. The molecular weight excluding hydrogens is 260 g/mol. The number of sulfone groups is 1. The Morgan fingerprint density at radius 2 is 2.00 bits per heavy atom. The molecule has 108 valence electrons. The zero-order valence-corrected chi connectivity index (χ0v) is 12.6. The van der Waals surface area contributed by atoms with Gasteiger partial charge >= 0.3 is 0 Å². The van der Waals surface area contributed by atoms with Crippen LogP contribution in [0.5, 0.6) is 0 Å². The second-order valence-electron chi connectivity index (χ2n) is 5.00. The molecule has 1 aromatic rings. The third-order valence-corrected chi connectivity index (χ3v) is 3.92. The van der Waals surface area contributed by atoms with Crippen LogP contribution in [0.25, 0.3) is 0 Å². The molecule has 0 heterocycles. The smallest absolute Gasteiger partial charge is 0.147 e. The highest BCUT2D eigenvalue weighted by Crippen LogP contribution is 2.10. The van der Waals surface area contributed by atoms with Crippen molar-refractivity contribution in [2.45, 2.75) is 26.3 Å². The summed E-state index contributed by atoms with van der Waals surface area (Å²) in [6.45, 7) is 4.72. The first-order chi connectivity index (χ1) is 8.90. The first-order valence-electron chi connectivity index (χ1n) is 6.65. The van der Waals surface area contributed by atoms with Gasteiger partial charge in [-0.2, -0.15) is 0 Å². The lowest BCUT2D eigenvalue weighted by Gasteiger charge is -2.21. The first kappa shape index (κ1) is 16.0. The molecule has 0 aromatic heterocycles. The van der Waals surface area contributed by atoms with E-state index in [9.17, 15) is 8.42 Å². The highest BCUT2D eigenvalue weighted by atomic mass is 32.2. The molecule has 0 amide bonds. The Morgan fingerprint density at radius 1 is 1.26 bits per heavy atom. The summed E-state index contributed by atoms with van der Waals surface area (Å²) in [5.41, 5.74) is 7.71. The summed E-state index contributed by atoms with van der Waals surface area (Å²) in [4.78, 5) is 2.28. The van der Waals surface area contributed by atoms with Gasteiger partial charge in [0.05, 0.1) is 5.75 Å². The number of hydrogen-bond donors (Lipinski definition) is 1. The topological polar surface area (TPSA) is 63.4 Å². The van der Waals surface area contributed by atoms with E-state index in [2.05, 4.69) is 17.9 Å². The number of anilines is 1. The Balaban J connectivity index is 2.52. The van der Waals surface area contributed by atoms with E-state index < -0.39 is 9.84 Å². The molecule has 2 N–H and O–H groups in total. The van der Waals surface area contributed by atoms with Crippen molar-refractivity contribution in [1.29, 1.82) is 0 Å². The lowest BCUT2D eigenvalue weighted by atomic mass is 10.2. The summed E-state index contributed by atoms with van der Waals surface area (Å²) in [6, 6.07) is 7.84. The fourth-order valence-electron chi connectivity index (χ4n) is 2.09. The molecule has 5 heteroatoms. The van der Waals surface area contributed by atoms with Gasteiger partial charge < -0.3 is 5.73 Å². The fourth-order valence-corrected chi connectivity index (χ4v) is 2.74. The quantitative estimate of drug-likeness (QED) is 0.741. The van der Waals surface area contributed by atoms with Crippen LogP contribution in [0.1, 0.15) is 25.3 Å². The molecule has 0 radical (unpaired) electrons. The minimum Gasteiger partial charge on any atom is -0.399 e. The second-order valence-corrected chi connectivity index (χ2v) is 7.26. The van der Waals surface area contributed by atoms with Gasteiger partial charge in [-0.1, -0.05) is 19.1 Å². The summed E-state index contributed by atoms with van der Waals surface area (Å²) < 4.78 is 22.3. The third kappa shape index (κ3) is 7.18. The molecule has 1 rings (SSSR count). The predicted molar refractivity (Wildman–Crippen MR) is 80.8 cm³/mol. The summed E-state index contributed by atoms with van der Waals surface area (Å²) in [5, 5.41) is 0. The van der Waals surface area contributed by atoms with Gasteiger partial charge in [0.2, 0.25) is 0 Å². The highest BCUT2D eigenvalue weighted by Gasteiger charge is 2.08. The standard InChI is InChI=1S/C14H24N2O2S/c1-3-8-16(9-5-10-19(2,17)18)12-13-6-4-7-14(15)11-13/h4,6-7,11H,3,5,8-10,12,15H2,1-2H3. The van der Waals surface area contributed by atoms with Crippen molar-refractivity contribution >= 4 is 15.5 Å². The van der Waals surface area contributed by atoms with Crippen LogP contribution in [0.2, 0.25) is 0 Å². The minimum absolute atomic E-state index is 0.254. The van der Waals surface area contributed by atoms with Gasteiger partial charge in [-0.05, 0) is 43.6 Å². The van der Waals surface area contributed by atoms with Crippen LogP contribution in [0, 0.1) is 0 Å². The second kappa shape index (κ2) is 7.50. The molecule has 0 aliphatic heterocycles. The molecular formula is C14H24N2O2S. The summed E-state index contributed by atoms with van der Waals surface area (Å²) in [7, 11) is -2.86. The molecule has 0 fully saturated rings. The highest BCUT2D eigenvalue weighted by molar-refractivity contribution is 7.90. The van der Waals surface area contributed by atoms with Crippen LogP contribution in [-0.2, 0) is 16.4 Å². The van der Waals surface area contributed by atoms with Crippen LogP contribution in [0.4, 0.5) is 5.69 Å². The zero-order valence-electron chi connectivity index (χ0n) is 11.8. The van der Waals surface area contributed by atoms with E-state index in [1.165, 1.54) is 11.8 Å². The number of rotatable bonds is 8. The average Bonchev–Trinajstić information content (AvgIpc) is 2.27. The lowest BCUT2D eigenvalue weighted by molar-refractivity contribution is 0.267. The Morgan fingerprint density at radius 3 is 2.58 bits per heavy atom. The average molecular weight is 284 g/mol. The maximum Gasteiger partial charge on any atom is 0.147 e. The van der Waals surface area contributed by atoms with Gasteiger partial charge in [-0.15, -0.1) is 0 Å². The molecule has 1 aromatic carbocycles. The molecule has 0 spiro atoms. The van der Waals surface area contributed by atoms with Crippen molar-refractivity contribution in [1.82, 2.24) is 4.90 Å². The Labute approximate surface area is 116 Å². The fraction of sp³-hybridized carbons (Fsp3) is 0.571. The van der Waals surface area contributed by atoms with Gasteiger partial charge in [-0.3, -0.25) is 4.90 Å². The van der Waals surface area contributed by atoms with Crippen LogP contribution < -0.4 is 5.73 Å². The minimum atomic E-state index is -2.86. The van der Waals surface area contributed by atoms with Gasteiger partial charge in [0.15, 0.2) is 0 Å². The lowest BCUT2D eigenvalue weighted by Crippen LogP contribution is -2.26. The van der Waals surface area contributed by atoms with E-state index in [1.807, 2.05) is 18.2 Å². The zero-order chi connectivity index (χ0) is 14.3. The molecule has 0 saturated carbocycles. The molecule has 19 heavy (non-hydrogen) atoms. The summed E-state index contributed by atoms with van der Waals surface area (Å²) in [6.07, 6.45) is 3.03. The van der Waals surface area contributed by atoms with E-state index in [-0.39, 0.29) is 5.75 Å². The van der Waals surface area contributed by atoms with Gasteiger partial charge in [0, 0.05) is 18.5 Å². The maximum atomic E-state index is 11.1. The predicted octanol–water partition coefficient (Wildman–Crippen LogP) is 1.92. The SMILES string of the molecule is CCCN(CCCS(C)(=O)=O)Cc1cccc(N)c1. The number of hydrogen-bond acceptors (Lipinski definition) is 4. The van der Waals surface area contributed by atoms with Crippen molar-refractivity contribution in [3.8, 4) is 0 Å². The number of nitrogens with two attached hydrogens (primary N) is 1. The van der Waals surface area contributed by atoms with Crippen LogP contribution >= 0.6 is 0 Å². The van der Waals surface area contributed by atoms with E-state index in [0.717, 1.165) is 31.7 Å². The Hall–Kier alpha value is -1.07. The van der Waals surface area contributed by atoms with Gasteiger partial charge in [0.1, 0.15) is 9.84 Å². The number of benzene rings is 1. The van der Waals surface area contributed by atoms with Crippen molar-refractivity contribution in [2.24, 2.45) is 0 Å². The Bertz CT molecular complexity index is 486. The van der Waals surface area contributed by atoms with E-state index in [4.69, 9.17) is 5.73 Å². The largest absolute Gasteiger partial charge is 0.399 e. The molecule has 0 aliphatic carbocycles. The van der Waals surface area contributed by atoms with E-state index in [1.54, 1.807) is 0 Å². The van der Waals surface area contributed by atoms with Crippen LogP contribution in [-0.4, -0.2) is 38.4 Å². The first-order valence-corrected chi connectivity index (χ1v) is 8.71. The van der Waals surface area contributed by atoms with Crippen molar-refractivity contribution < 1.29 is 8.42 Å². The molecule has 0 aliphatic rings. The normalized spacial score (nSPS) is 11.9. The van der Waals surface area contributed by atoms with Gasteiger partial charge in [0.25, 0.3) is 0 Å². The van der Waals surface area contributed by atoms with E-state index >= 15 is 0 Å². The van der Waals surface area contributed by atoms with Gasteiger partial charge in [-0.25, -0.2) is 8.42 Å². The monoisotopic (exact) mass is 284 g/mol. The number of nitrogen functional groups attached to an aromatic ring is 1. The molecule has 0 unspecified atom stereocenters. The Kier molecular flexibility index (Phi) is 6.31.